The summed E-state index contributed by atoms with van der Waals surface area (Å²) in [6, 6.07) is 6.91. The summed E-state index contributed by atoms with van der Waals surface area (Å²) in [4.78, 5) is 26.0. The molecule has 0 spiro atoms. The van der Waals surface area contributed by atoms with E-state index in [4.69, 9.17) is 4.74 Å². The molecule has 1 aromatic carbocycles. The first-order valence-corrected chi connectivity index (χ1v) is 9.62. The van der Waals surface area contributed by atoms with Crippen molar-refractivity contribution >= 4 is 17.4 Å². The fourth-order valence-corrected chi connectivity index (χ4v) is 3.01. The zero-order chi connectivity index (χ0) is 18.9. The van der Waals surface area contributed by atoms with Crippen molar-refractivity contribution in [2.75, 3.05) is 13.2 Å². The van der Waals surface area contributed by atoms with Gasteiger partial charge in [0.2, 0.25) is 0 Å². The van der Waals surface area contributed by atoms with Crippen LogP contribution in [0.2, 0.25) is 0 Å². The first-order chi connectivity index (χ1) is 12.6. The van der Waals surface area contributed by atoms with Crippen molar-refractivity contribution in [1.29, 1.82) is 0 Å². The molecule has 0 saturated carbocycles. The second-order valence-electron chi connectivity index (χ2n) is 6.63. The van der Waals surface area contributed by atoms with Crippen LogP contribution in [0.25, 0.3) is 5.57 Å². The van der Waals surface area contributed by atoms with Crippen LogP contribution in [0.3, 0.4) is 0 Å². The van der Waals surface area contributed by atoms with Gasteiger partial charge in [0.25, 0.3) is 11.8 Å². The molecule has 2 rings (SSSR count). The first kappa shape index (κ1) is 20.0. The number of carbonyl (C=O) groups is 2. The molecule has 1 aliphatic rings. The smallest absolute Gasteiger partial charge is 0.296 e. The molecule has 1 heterocycles. The predicted molar refractivity (Wildman–Crippen MR) is 102 cm³/mol. The lowest BCUT2D eigenvalue weighted by Gasteiger charge is -2.14. The van der Waals surface area contributed by atoms with Crippen molar-refractivity contribution < 1.29 is 19.4 Å². The molecule has 1 aromatic rings. The lowest BCUT2D eigenvalue weighted by Crippen LogP contribution is -2.32. The Morgan fingerprint density at radius 1 is 0.885 bits per heavy atom. The van der Waals surface area contributed by atoms with Gasteiger partial charge >= 0.3 is 0 Å². The van der Waals surface area contributed by atoms with E-state index >= 15 is 0 Å². The summed E-state index contributed by atoms with van der Waals surface area (Å²) < 4.78 is 5.52. The molecule has 26 heavy (non-hydrogen) atoms. The third-order valence-corrected chi connectivity index (χ3v) is 4.49. The molecule has 5 heteroatoms. The lowest BCUT2D eigenvalue weighted by atomic mass is 10.1. The highest BCUT2D eigenvalue weighted by Crippen LogP contribution is 2.29. The number of nitrogens with zero attached hydrogens (tertiary/aromatic N) is 1. The van der Waals surface area contributed by atoms with Gasteiger partial charge in [0, 0.05) is 6.54 Å². The molecule has 0 radical (unpaired) electrons. The third kappa shape index (κ3) is 4.87. The van der Waals surface area contributed by atoms with Crippen molar-refractivity contribution in [2.45, 2.75) is 58.8 Å². The van der Waals surface area contributed by atoms with Gasteiger partial charge in [0.15, 0.2) is 5.76 Å². The van der Waals surface area contributed by atoms with Crippen LogP contribution in [0, 0.1) is 0 Å². The fourth-order valence-electron chi connectivity index (χ4n) is 3.01. The Labute approximate surface area is 155 Å². The van der Waals surface area contributed by atoms with Crippen molar-refractivity contribution in [3.8, 4) is 5.75 Å². The van der Waals surface area contributed by atoms with Crippen molar-refractivity contribution in [3.63, 3.8) is 0 Å². The van der Waals surface area contributed by atoms with Crippen molar-refractivity contribution in [2.24, 2.45) is 0 Å². The topological polar surface area (TPSA) is 66.8 Å². The number of aliphatic hydroxyl groups is 1. The molecule has 0 fully saturated rings. The summed E-state index contributed by atoms with van der Waals surface area (Å²) >= 11 is 0. The highest BCUT2D eigenvalue weighted by atomic mass is 16.5. The van der Waals surface area contributed by atoms with Gasteiger partial charge in [-0.15, -0.1) is 0 Å². The van der Waals surface area contributed by atoms with Gasteiger partial charge in [0.05, 0.1) is 12.2 Å². The van der Waals surface area contributed by atoms with E-state index in [9.17, 15) is 14.7 Å². The minimum Gasteiger partial charge on any atom is -0.502 e. The number of unbranched alkanes of at least 4 members (excludes halogenated alkanes) is 5. The highest BCUT2D eigenvalue weighted by molar-refractivity contribution is 6.34. The van der Waals surface area contributed by atoms with Crippen LogP contribution in [0.15, 0.2) is 30.0 Å². The van der Waals surface area contributed by atoms with E-state index in [0.717, 1.165) is 30.6 Å². The standard InChI is InChI=1S/C21H29NO4/c1-3-5-6-7-8-9-14-22-20(24)18(19(23)21(22)25)16-10-12-17(13-11-16)26-15-4-2/h10-13,23H,3-9,14-15H2,1-2H3. The molecule has 1 aliphatic heterocycles. The minimum atomic E-state index is -0.593. The van der Waals surface area contributed by atoms with Gasteiger partial charge in [-0.25, -0.2) is 0 Å². The van der Waals surface area contributed by atoms with Crippen LogP contribution < -0.4 is 4.74 Å². The summed E-state index contributed by atoms with van der Waals surface area (Å²) in [6.45, 7) is 5.17. The Morgan fingerprint density at radius 2 is 1.54 bits per heavy atom. The Balaban J connectivity index is 1.97. The molecule has 0 atom stereocenters. The maximum Gasteiger partial charge on any atom is 0.296 e. The predicted octanol–water partition coefficient (Wildman–Crippen LogP) is 4.47. The summed E-state index contributed by atoms with van der Waals surface area (Å²) in [5, 5.41) is 10.2. The van der Waals surface area contributed by atoms with E-state index in [1.54, 1.807) is 24.3 Å². The van der Waals surface area contributed by atoms with Gasteiger partial charge in [-0.3, -0.25) is 14.5 Å². The van der Waals surface area contributed by atoms with Crippen LogP contribution in [0.5, 0.6) is 5.75 Å². The maximum atomic E-state index is 12.6. The SMILES string of the molecule is CCCCCCCCN1C(=O)C(O)=C(c2ccc(OCCC)cc2)C1=O. The van der Waals surface area contributed by atoms with Gasteiger partial charge in [0.1, 0.15) is 5.75 Å². The fraction of sp³-hybridized carbons (Fsp3) is 0.524. The number of ether oxygens (including phenoxy) is 1. The van der Waals surface area contributed by atoms with Crippen LogP contribution >= 0.6 is 0 Å². The zero-order valence-electron chi connectivity index (χ0n) is 15.8. The van der Waals surface area contributed by atoms with Crippen LogP contribution in [-0.2, 0) is 9.59 Å². The van der Waals surface area contributed by atoms with E-state index < -0.39 is 17.6 Å². The number of rotatable bonds is 11. The zero-order valence-corrected chi connectivity index (χ0v) is 15.8. The molecule has 0 saturated heterocycles. The quantitative estimate of drug-likeness (QED) is 0.467. The molecular weight excluding hydrogens is 330 g/mol. The number of benzene rings is 1. The lowest BCUT2D eigenvalue weighted by molar-refractivity contribution is -0.138. The summed E-state index contributed by atoms with van der Waals surface area (Å²) in [6.07, 6.45) is 7.35. The molecule has 1 N–H and O–H groups in total. The van der Waals surface area contributed by atoms with Gasteiger partial charge < -0.3 is 9.84 Å². The second kappa shape index (κ2) is 10.00. The average Bonchev–Trinajstić information content (AvgIpc) is 2.86. The summed E-state index contributed by atoms with van der Waals surface area (Å²) in [7, 11) is 0. The van der Waals surface area contributed by atoms with Gasteiger partial charge in [-0.2, -0.15) is 0 Å². The molecule has 0 bridgehead atoms. The van der Waals surface area contributed by atoms with Gasteiger partial charge in [-0.1, -0.05) is 58.1 Å². The minimum absolute atomic E-state index is 0.0861. The number of aliphatic hydroxyl groups excluding tert-OH is 1. The number of hydrogen-bond acceptors (Lipinski definition) is 4. The normalized spacial score (nSPS) is 14.5. The Hall–Kier alpha value is -2.30. The average molecular weight is 359 g/mol. The second-order valence-corrected chi connectivity index (χ2v) is 6.63. The molecule has 0 unspecified atom stereocenters. The van der Waals surface area contributed by atoms with E-state index in [0.29, 0.717) is 24.5 Å². The Bertz CT molecular complexity index is 648. The Kier molecular flexibility index (Phi) is 7.70. The van der Waals surface area contributed by atoms with Crippen LogP contribution in [-0.4, -0.2) is 35.0 Å². The Morgan fingerprint density at radius 3 is 2.19 bits per heavy atom. The van der Waals surface area contributed by atoms with E-state index in [2.05, 4.69) is 6.92 Å². The monoisotopic (exact) mass is 359 g/mol. The van der Waals surface area contributed by atoms with Crippen molar-refractivity contribution in [1.82, 2.24) is 4.90 Å². The summed E-state index contributed by atoms with van der Waals surface area (Å²) in [5.41, 5.74) is 0.623. The number of hydrogen-bond donors (Lipinski definition) is 1. The molecule has 5 nitrogen and oxygen atoms in total. The molecular formula is C21H29NO4. The molecule has 2 amide bonds. The van der Waals surface area contributed by atoms with Crippen LogP contribution in [0.1, 0.15) is 64.4 Å². The molecule has 0 aromatic heterocycles. The number of carbonyl (C=O) groups excluding carboxylic acids is 2. The van der Waals surface area contributed by atoms with Crippen LogP contribution in [0.4, 0.5) is 0 Å². The molecule has 0 aliphatic carbocycles. The highest BCUT2D eigenvalue weighted by Gasteiger charge is 2.38. The summed E-state index contributed by atoms with van der Waals surface area (Å²) in [5.74, 6) is -0.757. The third-order valence-electron chi connectivity index (χ3n) is 4.49. The maximum absolute atomic E-state index is 12.6. The number of amides is 2. The van der Waals surface area contributed by atoms with E-state index in [-0.39, 0.29) is 5.57 Å². The molecule has 142 valence electrons. The van der Waals surface area contributed by atoms with E-state index in [1.165, 1.54) is 19.3 Å². The first-order valence-electron chi connectivity index (χ1n) is 9.62. The largest absolute Gasteiger partial charge is 0.502 e. The van der Waals surface area contributed by atoms with Gasteiger partial charge in [-0.05, 0) is 30.5 Å². The van der Waals surface area contributed by atoms with E-state index in [1.807, 2.05) is 6.92 Å². The number of imide groups is 1. The van der Waals surface area contributed by atoms with Crippen molar-refractivity contribution in [3.05, 3.63) is 35.6 Å².